The normalized spacial score (nSPS) is 10.5. The first-order chi connectivity index (χ1) is 12.9. The molecule has 138 valence electrons. The number of amides is 2. The molecule has 0 atom stereocenters. The van der Waals surface area contributed by atoms with E-state index in [1.54, 1.807) is 13.1 Å². The largest absolute Gasteiger partial charge is 0.331 e. The number of aryl methyl sites for hydroxylation is 2. The minimum atomic E-state index is -0.291. The van der Waals surface area contributed by atoms with Crippen LogP contribution >= 0.6 is 0 Å². The van der Waals surface area contributed by atoms with Gasteiger partial charge in [-0.1, -0.05) is 42.5 Å². The van der Waals surface area contributed by atoms with Gasteiger partial charge < -0.3 is 10.2 Å². The van der Waals surface area contributed by atoms with E-state index in [1.807, 2.05) is 62.4 Å². The van der Waals surface area contributed by atoms with E-state index in [4.69, 9.17) is 0 Å². The van der Waals surface area contributed by atoms with E-state index in [9.17, 15) is 9.59 Å². The highest BCUT2D eigenvalue weighted by Crippen LogP contribution is 2.18. The number of carbonyl (C=O) groups excluding carboxylic acids is 2. The number of aromatic nitrogens is 2. The van der Waals surface area contributed by atoms with Gasteiger partial charge in [0.2, 0.25) is 5.91 Å². The predicted octanol–water partition coefficient (Wildman–Crippen LogP) is 3.40. The quantitative estimate of drug-likeness (QED) is 0.730. The molecule has 0 aliphatic rings. The summed E-state index contributed by atoms with van der Waals surface area (Å²) < 4.78 is 0. The molecule has 1 heterocycles. The second-order valence-electron chi connectivity index (χ2n) is 6.56. The molecule has 6 nitrogen and oxygen atoms in total. The van der Waals surface area contributed by atoms with Gasteiger partial charge in [0.1, 0.15) is 5.69 Å². The van der Waals surface area contributed by atoms with Gasteiger partial charge in [0.15, 0.2) is 0 Å². The van der Waals surface area contributed by atoms with Gasteiger partial charge in [-0.2, -0.15) is 5.10 Å². The Balaban J connectivity index is 1.64. The van der Waals surface area contributed by atoms with Crippen LogP contribution < -0.4 is 5.32 Å². The lowest BCUT2D eigenvalue weighted by Crippen LogP contribution is -2.35. The standard InChI is InChI=1S/C21H22N4O2/c1-14-9-10-15(2)17(11-14)22-20(26)13-25(3)21(27)19-12-18(23-24-19)16-7-5-4-6-8-16/h4-12H,13H2,1-3H3,(H,22,26)(H,23,24). The lowest BCUT2D eigenvalue weighted by molar-refractivity contribution is -0.116. The summed E-state index contributed by atoms with van der Waals surface area (Å²) in [4.78, 5) is 26.3. The highest BCUT2D eigenvalue weighted by Gasteiger charge is 2.18. The van der Waals surface area contributed by atoms with Crippen LogP contribution in [0.25, 0.3) is 11.3 Å². The van der Waals surface area contributed by atoms with Gasteiger partial charge in [-0.05, 0) is 37.1 Å². The number of likely N-dealkylation sites (N-methyl/N-ethyl adjacent to an activating group) is 1. The van der Waals surface area contributed by atoms with Gasteiger partial charge >= 0.3 is 0 Å². The van der Waals surface area contributed by atoms with Crippen LogP contribution in [0.2, 0.25) is 0 Å². The maximum absolute atomic E-state index is 12.6. The first kappa shape index (κ1) is 18.4. The number of benzene rings is 2. The van der Waals surface area contributed by atoms with Gasteiger partial charge in [0, 0.05) is 18.3 Å². The second-order valence-corrected chi connectivity index (χ2v) is 6.56. The lowest BCUT2D eigenvalue weighted by Gasteiger charge is -2.16. The molecule has 2 N–H and O–H groups in total. The van der Waals surface area contributed by atoms with Crippen LogP contribution in [-0.4, -0.2) is 40.5 Å². The summed E-state index contributed by atoms with van der Waals surface area (Å²) >= 11 is 0. The van der Waals surface area contributed by atoms with Gasteiger partial charge in [-0.3, -0.25) is 14.7 Å². The number of hydrogen-bond acceptors (Lipinski definition) is 3. The van der Waals surface area contributed by atoms with Gasteiger partial charge in [0.25, 0.3) is 5.91 Å². The fraction of sp³-hybridized carbons (Fsp3) is 0.190. The van der Waals surface area contributed by atoms with Crippen LogP contribution in [0.1, 0.15) is 21.6 Å². The van der Waals surface area contributed by atoms with E-state index in [-0.39, 0.29) is 18.4 Å². The molecule has 2 amide bonds. The van der Waals surface area contributed by atoms with Crippen LogP contribution in [0, 0.1) is 13.8 Å². The summed E-state index contributed by atoms with van der Waals surface area (Å²) in [6.07, 6.45) is 0. The molecular weight excluding hydrogens is 340 g/mol. The SMILES string of the molecule is Cc1ccc(C)c(NC(=O)CN(C)C(=O)c2cc(-c3ccccc3)n[nH]2)c1. The minimum absolute atomic E-state index is 0.0497. The third-order valence-electron chi connectivity index (χ3n) is 4.27. The highest BCUT2D eigenvalue weighted by molar-refractivity contribution is 5.99. The topological polar surface area (TPSA) is 78.1 Å². The molecule has 0 saturated heterocycles. The van der Waals surface area contributed by atoms with Crippen molar-refractivity contribution in [3.05, 3.63) is 71.4 Å². The van der Waals surface area contributed by atoms with Crippen LogP contribution in [0.4, 0.5) is 5.69 Å². The molecule has 0 aliphatic heterocycles. The Bertz CT molecular complexity index is 963. The van der Waals surface area contributed by atoms with E-state index < -0.39 is 0 Å². The molecule has 6 heteroatoms. The van der Waals surface area contributed by atoms with Crippen molar-refractivity contribution in [3.8, 4) is 11.3 Å². The molecule has 0 fully saturated rings. The Labute approximate surface area is 158 Å². The molecule has 0 saturated carbocycles. The summed E-state index contributed by atoms with van der Waals surface area (Å²) in [5.41, 5.74) is 4.75. The summed E-state index contributed by atoms with van der Waals surface area (Å²) in [7, 11) is 1.59. The van der Waals surface area contributed by atoms with Gasteiger partial charge in [0.05, 0.1) is 12.2 Å². The fourth-order valence-corrected chi connectivity index (χ4v) is 2.74. The third-order valence-corrected chi connectivity index (χ3v) is 4.27. The molecule has 1 aromatic heterocycles. The van der Waals surface area contributed by atoms with E-state index >= 15 is 0 Å². The number of H-pyrrole nitrogens is 1. The van der Waals surface area contributed by atoms with Crippen molar-refractivity contribution in [3.63, 3.8) is 0 Å². The Morgan fingerprint density at radius 1 is 1.07 bits per heavy atom. The Kier molecular flexibility index (Phi) is 5.35. The molecular formula is C21H22N4O2. The number of anilines is 1. The van der Waals surface area contributed by atoms with Crippen molar-refractivity contribution in [2.45, 2.75) is 13.8 Å². The van der Waals surface area contributed by atoms with Gasteiger partial charge in [-0.25, -0.2) is 0 Å². The molecule has 0 aliphatic carbocycles. The molecule has 2 aromatic carbocycles. The van der Waals surface area contributed by atoms with Crippen LogP contribution in [0.3, 0.4) is 0 Å². The third kappa shape index (κ3) is 4.41. The number of hydrogen-bond donors (Lipinski definition) is 2. The first-order valence-corrected chi connectivity index (χ1v) is 8.67. The van der Waals surface area contributed by atoms with Crippen LogP contribution in [0.15, 0.2) is 54.6 Å². The average Bonchev–Trinajstić information content (AvgIpc) is 3.15. The second kappa shape index (κ2) is 7.86. The van der Waals surface area contributed by atoms with Crippen molar-refractivity contribution in [1.82, 2.24) is 15.1 Å². The molecule has 0 bridgehead atoms. The van der Waals surface area contributed by atoms with Crippen molar-refractivity contribution in [2.75, 3.05) is 18.9 Å². The summed E-state index contributed by atoms with van der Waals surface area (Å²) in [6.45, 7) is 3.85. The van der Waals surface area contributed by atoms with Crippen molar-refractivity contribution in [2.24, 2.45) is 0 Å². The van der Waals surface area contributed by atoms with E-state index in [1.165, 1.54) is 4.90 Å². The molecule has 3 aromatic rings. The van der Waals surface area contributed by atoms with Crippen molar-refractivity contribution >= 4 is 17.5 Å². The lowest BCUT2D eigenvalue weighted by atomic mass is 10.1. The van der Waals surface area contributed by atoms with E-state index in [2.05, 4.69) is 15.5 Å². The molecule has 0 spiro atoms. The molecule has 3 rings (SSSR count). The number of nitrogens with one attached hydrogen (secondary N) is 2. The molecule has 0 radical (unpaired) electrons. The molecule has 27 heavy (non-hydrogen) atoms. The number of nitrogens with zero attached hydrogens (tertiary/aromatic N) is 2. The minimum Gasteiger partial charge on any atom is -0.331 e. The van der Waals surface area contributed by atoms with Crippen LogP contribution in [0.5, 0.6) is 0 Å². The Morgan fingerprint density at radius 3 is 2.56 bits per heavy atom. The average molecular weight is 362 g/mol. The zero-order chi connectivity index (χ0) is 19.4. The smallest absolute Gasteiger partial charge is 0.272 e. The fourth-order valence-electron chi connectivity index (χ4n) is 2.74. The Hall–Kier alpha value is -3.41. The summed E-state index contributed by atoms with van der Waals surface area (Å²) in [6, 6.07) is 17.1. The zero-order valence-electron chi connectivity index (χ0n) is 15.6. The zero-order valence-corrected chi connectivity index (χ0v) is 15.6. The molecule has 0 unspecified atom stereocenters. The monoisotopic (exact) mass is 362 g/mol. The van der Waals surface area contributed by atoms with Crippen molar-refractivity contribution in [1.29, 1.82) is 0 Å². The van der Waals surface area contributed by atoms with Crippen LogP contribution in [-0.2, 0) is 4.79 Å². The summed E-state index contributed by atoms with van der Waals surface area (Å²) in [5, 5.41) is 9.80. The Morgan fingerprint density at radius 2 is 1.81 bits per heavy atom. The highest BCUT2D eigenvalue weighted by atomic mass is 16.2. The number of carbonyl (C=O) groups is 2. The maximum atomic E-state index is 12.6. The predicted molar refractivity (Wildman–Crippen MR) is 106 cm³/mol. The summed E-state index contributed by atoms with van der Waals surface area (Å²) in [5.74, 6) is -0.539. The van der Waals surface area contributed by atoms with Gasteiger partial charge in [-0.15, -0.1) is 0 Å². The van der Waals surface area contributed by atoms with Crippen molar-refractivity contribution < 1.29 is 9.59 Å². The van der Waals surface area contributed by atoms with E-state index in [0.717, 1.165) is 22.4 Å². The first-order valence-electron chi connectivity index (χ1n) is 8.67. The maximum Gasteiger partial charge on any atom is 0.272 e. The number of rotatable bonds is 5. The number of aromatic amines is 1. The van der Waals surface area contributed by atoms with E-state index in [0.29, 0.717) is 11.4 Å².